The molecule has 0 aromatic carbocycles. The molecular weight excluding hydrogens is 240 g/mol. The highest BCUT2D eigenvalue weighted by atomic mass is 16.1. The lowest BCUT2D eigenvalue weighted by Gasteiger charge is -2.43. The van der Waals surface area contributed by atoms with Crippen molar-refractivity contribution in [3.63, 3.8) is 0 Å². The van der Waals surface area contributed by atoms with Crippen molar-refractivity contribution in [1.29, 1.82) is 0 Å². The molecule has 0 radical (unpaired) electrons. The van der Waals surface area contributed by atoms with E-state index >= 15 is 0 Å². The Morgan fingerprint density at radius 1 is 1.42 bits per heavy atom. The van der Waals surface area contributed by atoms with Crippen molar-refractivity contribution in [2.24, 2.45) is 0 Å². The number of aryl methyl sites for hydroxylation is 1. The number of hydrogen-bond donors (Lipinski definition) is 2. The summed E-state index contributed by atoms with van der Waals surface area (Å²) in [6.45, 7) is 2.58. The molecule has 1 aromatic heterocycles. The van der Waals surface area contributed by atoms with Gasteiger partial charge in [-0.15, -0.1) is 0 Å². The van der Waals surface area contributed by atoms with Gasteiger partial charge in [-0.3, -0.25) is 9.89 Å². The van der Waals surface area contributed by atoms with Crippen molar-refractivity contribution in [3.8, 4) is 0 Å². The second-order valence-corrected chi connectivity index (χ2v) is 5.77. The summed E-state index contributed by atoms with van der Waals surface area (Å²) < 4.78 is 0. The Hall–Kier alpha value is -1.36. The number of amides is 1. The normalized spacial score (nSPS) is 18.5. The summed E-state index contributed by atoms with van der Waals surface area (Å²) in [6, 6.07) is 0. The van der Waals surface area contributed by atoms with Crippen LogP contribution in [0.25, 0.3) is 0 Å². The molecule has 5 heteroatoms. The van der Waals surface area contributed by atoms with Crippen molar-refractivity contribution >= 4 is 5.91 Å². The molecule has 1 aromatic rings. The van der Waals surface area contributed by atoms with Crippen LogP contribution >= 0.6 is 0 Å². The molecule has 0 aliphatic heterocycles. The van der Waals surface area contributed by atoms with Crippen LogP contribution in [0.4, 0.5) is 0 Å². The average molecular weight is 264 g/mol. The van der Waals surface area contributed by atoms with Crippen molar-refractivity contribution in [2.45, 2.75) is 44.6 Å². The zero-order chi connectivity index (χ0) is 13.9. The summed E-state index contributed by atoms with van der Waals surface area (Å²) in [5.74, 6) is -0.0296. The molecule has 19 heavy (non-hydrogen) atoms. The van der Waals surface area contributed by atoms with Gasteiger partial charge in [0.15, 0.2) is 0 Å². The average Bonchev–Trinajstić information content (AvgIpc) is 2.83. The lowest BCUT2D eigenvalue weighted by Crippen LogP contribution is -2.53. The fourth-order valence-corrected chi connectivity index (χ4v) is 2.91. The second kappa shape index (κ2) is 5.74. The number of likely N-dealkylation sites (N-methyl/N-ethyl adjacent to an activating group) is 1. The number of hydrogen-bond acceptors (Lipinski definition) is 3. The number of carbonyl (C=O) groups excluding carboxylic acids is 1. The fraction of sp³-hybridized carbons (Fsp3) is 0.714. The van der Waals surface area contributed by atoms with Gasteiger partial charge in [0.25, 0.3) is 5.91 Å². The smallest absolute Gasteiger partial charge is 0.254 e. The Kier molecular flexibility index (Phi) is 4.24. The van der Waals surface area contributed by atoms with Gasteiger partial charge in [-0.1, -0.05) is 19.3 Å². The number of H-pyrrole nitrogens is 1. The van der Waals surface area contributed by atoms with Gasteiger partial charge in [-0.05, 0) is 33.9 Å². The summed E-state index contributed by atoms with van der Waals surface area (Å²) in [5, 5.41) is 9.77. The number of rotatable bonds is 4. The van der Waals surface area contributed by atoms with Gasteiger partial charge in [-0.25, -0.2) is 0 Å². The molecule has 0 bridgehead atoms. The van der Waals surface area contributed by atoms with E-state index < -0.39 is 0 Å². The Balaban J connectivity index is 1.99. The Morgan fingerprint density at radius 3 is 2.63 bits per heavy atom. The van der Waals surface area contributed by atoms with E-state index in [4.69, 9.17) is 0 Å². The summed E-state index contributed by atoms with van der Waals surface area (Å²) in [7, 11) is 4.22. The molecule has 2 N–H and O–H groups in total. The van der Waals surface area contributed by atoms with Crippen LogP contribution in [0, 0.1) is 6.92 Å². The maximum Gasteiger partial charge on any atom is 0.254 e. The van der Waals surface area contributed by atoms with Crippen molar-refractivity contribution in [1.82, 2.24) is 20.4 Å². The van der Waals surface area contributed by atoms with Crippen LogP contribution in [-0.4, -0.2) is 47.2 Å². The van der Waals surface area contributed by atoms with Crippen LogP contribution < -0.4 is 5.32 Å². The monoisotopic (exact) mass is 264 g/mol. The van der Waals surface area contributed by atoms with E-state index in [-0.39, 0.29) is 11.4 Å². The van der Waals surface area contributed by atoms with Gasteiger partial charge in [0.1, 0.15) is 0 Å². The third-order valence-electron chi connectivity index (χ3n) is 4.39. The number of aromatic amines is 1. The van der Waals surface area contributed by atoms with E-state index in [2.05, 4.69) is 34.5 Å². The van der Waals surface area contributed by atoms with Gasteiger partial charge in [0.2, 0.25) is 0 Å². The van der Waals surface area contributed by atoms with E-state index in [9.17, 15) is 4.79 Å². The lowest BCUT2D eigenvalue weighted by molar-refractivity contribution is 0.0799. The molecule has 1 aliphatic carbocycles. The van der Waals surface area contributed by atoms with Gasteiger partial charge in [-0.2, -0.15) is 5.10 Å². The van der Waals surface area contributed by atoms with Crippen LogP contribution in [-0.2, 0) is 0 Å². The summed E-state index contributed by atoms with van der Waals surface area (Å²) in [5.41, 5.74) is 1.58. The van der Waals surface area contributed by atoms with E-state index in [1.54, 1.807) is 6.20 Å². The summed E-state index contributed by atoms with van der Waals surface area (Å²) >= 11 is 0. The molecule has 106 valence electrons. The minimum Gasteiger partial charge on any atom is -0.350 e. The molecule has 5 nitrogen and oxygen atoms in total. The van der Waals surface area contributed by atoms with Crippen LogP contribution in [0.1, 0.15) is 48.2 Å². The van der Waals surface area contributed by atoms with E-state index in [0.29, 0.717) is 12.1 Å². The lowest BCUT2D eigenvalue weighted by atomic mass is 9.80. The van der Waals surface area contributed by atoms with E-state index in [1.165, 1.54) is 19.3 Å². The first-order valence-electron chi connectivity index (χ1n) is 7.01. The zero-order valence-corrected chi connectivity index (χ0v) is 12.1. The minimum absolute atomic E-state index is 0.0296. The Morgan fingerprint density at radius 2 is 2.11 bits per heavy atom. The first-order chi connectivity index (χ1) is 9.05. The predicted molar refractivity (Wildman–Crippen MR) is 75.2 cm³/mol. The number of nitrogens with one attached hydrogen (secondary N) is 2. The third-order valence-corrected chi connectivity index (χ3v) is 4.39. The molecule has 1 heterocycles. The Labute approximate surface area is 114 Å². The molecular formula is C14H24N4O. The maximum absolute atomic E-state index is 12.1. The number of aromatic nitrogens is 2. The SMILES string of the molecule is Cc1[nH]ncc1C(=O)NCC1(N(C)C)CCCCC1. The number of nitrogens with zero attached hydrogens (tertiary/aromatic N) is 2. The topological polar surface area (TPSA) is 61.0 Å². The Bertz CT molecular complexity index is 432. The maximum atomic E-state index is 12.1. The highest BCUT2D eigenvalue weighted by molar-refractivity contribution is 5.94. The molecule has 0 spiro atoms. The third kappa shape index (κ3) is 2.97. The minimum atomic E-state index is -0.0296. The molecule has 0 atom stereocenters. The highest BCUT2D eigenvalue weighted by Gasteiger charge is 2.34. The van der Waals surface area contributed by atoms with E-state index in [1.807, 2.05) is 6.92 Å². The molecule has 0 saturated heterocycles. The second-order valence-electron chi connectivity index (χ2n) is 5.77. The standard InChI is InChI=1S/C14H24N4O/c1-11-12(9-16-17-11)13(19)15-10-14(18(2)3)7-5-4-6-8-14/h9H,4-8,10H2,1-3H3,(H,15,19)(H,16,17). The molecule has 1 saturated carbocycles. The van der Waals surface area contributed by atoms with Gasteiger partial charge in [0, 0.05) is 17.8 Å². The van der Waals surface area contributed by atoms with Crippen molar-refractivity contribution < 1.29 is 4.79 Å². The molecule has 1 amide bonds. The highest BCUT2D eigenvalue weighted by Crippen LogP contribution is 2.31. The van der Waals surface area contributed by atoms with Crippen LogP contribution in [0.15, 0.2) is 6.20 Å². The molecule has 2 rings (SSSR count). The van der Waals surface area contributed by atoms with Crippen LogP contribution in [0.3, 0.4) is 0 Å². The zero-order valence-electron chi connectivity index (χ0n) is 12.1. The first kappa shape index (κ1) is 14.1. The van der Waals surface area contributed by atoms with Gasteiger partial charge < -0.3 is 10.2 Å². The van der Waals surface area contributed by atoms with Gasteiger partial charge in [0.05, 0.1) is 11.8 Å². The van der Waals surface area contributed by atoms with E-state index in [0.717, 1.165) is 18.5 Å². The summed E-state index contributed by atoms with van der Waals surface area (Å²) in [4.78, 5) is 14.4. The van der Waals surface area contributed by atoms with Gasteiger partial charge >= 0.3 is 0 Å². The molecule has 1 aliphatic rings. The number of carbonyl (C=O) groups is 1. The largest absolute Gasteiger partial charge is 0.350 e. The fourth-order valence-electron chi connectivity index (χ4n) is 2.91. The van der Waals surface area contributed by atoms with Crippen molar-refractivity contribution in [3.05, 3.63) is 17.5 Å². The van der Waals surface area contributed by atoms with Crippen LogP contribution in [0.2, 0.25) is 0 Å². The van der Waals surface area contributed by atoms with Crippen LogP contribution in [0.5, 0.6) is 0 Å². The molecule has 0 unspecified atom stereocenters. The first-order valence-corrected chi connectivity index (χ1v) is 7.01. The molecule has 1 fully saturated rings. The predicted octanol–water partition coefficient (Wildman–Crippen LogP) is 1.71. The quantitative estimate of drug-likeness (QED) is 0.870. The van der Waals surface area contributed by atoms with Crippen molar-refractivity contribution in [2.75, 3.05) is 20.6 Å². The summed E-state index contributed by atoms with van der Waals surface area (Å²) in [6.07, 6.45) is 7.71.